The SMILES string of the molecule is CC/C=C\C/C=C\C/C=C\C/C=C\C/C=C\C/C=C\CCC(=O)OC(COCCC(C(=O)O)[N+](C)(C)C)COC(=O)CCCCCCCCCCC/C=C\C/C=C\CCCCC. The lowest BCUT2D eigenvalue weighted by atomic mass is 10.1. The molecule has 0 aromatic carbocycles. The van der Waals surface area contributed by atoms with Crippen LogP contribution in [0.1, 0.15) is 174 Å². The van der Waals surface area contributed by atoms with Crippen LogP contribution in [0.5, 0.6) is 0 Å². The molecule has 0 aromatic rings. The number of hydrogen-bond acceptors (Lipinski definition) is 6. The molecule has 0 spiro atoms. The summed E-state index contributed by atoms with van der Waals surface area (Å²) in [4.78, 5) is 37.1. The summed E-state index contributed by atoms with van der Waals surface area (Å²) >= 11 is 0. The highest BCUT2D eigenvalue weighted by Crippen LogP contribution is 2.13. The number of unbranched alkanes of at least 4 members (excludes halogenated alkanes) is 12. The van der Waals surface area contributed by atoms with E-state index in [1.807, 2.05) is 33.3 Å². The van der Waals surface area contributed by atoms with Gasteiger partial charge in [-0.3, -0.25) is 9.59 Å². The minimum absolute atomic E-state index is 0.0238. The fraction of sp³-hybridized carbons (Fsp3) is 0.648. The van der Waals surface area contributed by atoms with Crippen LogP contribution in [0.2, 0.25) is 0 Å². The molecule has 0 aliphatic heterocycles. The molecule has 0 rings (SSSR count). The number of rotatable bonds is 42. The van der Waals surface area contributed by atoms with E-state index in [0.29, 0.717) is 19.3 Å². The van der Waals surface area contributed by atoms with E-state index in [1.54, 1.807) is 0 Å². The molecule has 0 fully saturated rings. The van der Waals surface area contributed by atoms with Crippen LogP contribution in [0.25, 0.3) is 0 Å². The smallest absolute Gasteiger partial charge is 0.362 e. The van der Waals surface area contributed by atoms with Crippen molar-refractivity contribution in [3.63, 3.8) is 0 Å². The largest absolute Gasteiger partial charge is 0.477 e. The first-order chi connectivity index (χ1) is 30.1. The second-order valence-corrected chi connectivity index (χ2v) is 17.0. The van der Waals surface area contributed by atoms with Crippen LogP contribution < -0.4 is 0 Å². The molecule has 352 valence electrons. The minimum Gasteiger partial charge on any atom is -0.477 e. The Morgan fingerprint density at radius 2 is 0.935 bits per heavy atom. The Morgan fingerprint density at radius 1 is 0.500 bits per heavy atom. The van der Waals surface area contributed by atoms with Crippen LogP contribution in [0.15, 0.2) is 97.2 Å². The summed E-state index contributed by atoms with van der Waals surface area (Å²) in [6, 6.07) is -0.634. The average molecular weight is 865 g/mol. The van der Waals surface area contributed by atoms with E-state index in [1.165, 1.54) is 70.6 Å². The van der Waals surface area contributed by atoms with E-state index >= 15 is 0 Å². The molecule has 0 saturated heterocycles. The Balaban J connectivity index is 4.42. The summed E-state index contributed by atoms with van der Waals surface area (Å²) < 4.78 is 17.2. The van der Waals surface area contributed by atoms with Gasteiger partial charge in [-0.15, -0.1) is 0 Å². The number of carbonyl (C=O) groups is 3. The third-order valence-corrected chi connectivity index (χ3v) is 10.2. The number of esters is 2. The Kier molecular flexibility index (Phi) is 41.2. The van der Waals surface area contributed by atoms with E-state index in [2.05, 4.69) is 98.9 Å². The molecule has 0 aromatic heterocycles. The second-order valence-electron chi connectivity index (χ2n) is 17.0. The maximum atomic E-state index is 12.7. The number of likely N-dealkylation sites (N-methyl/N-ethyl adjacent to an activating group) is 1. The maximum Gasteiger partial charge on any atom is 0.362 e. The Bertz CT molecular complexity index is 1330. The molecular formula is C54H90NO7+. The monoisotopic (exact) mass is 865 g/mol. The highest BCUT2D eigenvalue weighted by Gasteiger charge is 2.31. The van der Waals surface area contributed by atoms with Crippen molar-refractivity contribution in [1.29, 1.82) is 0 Å². The van der Waals surface area contributed by atoms with Gasteiger partial charge in [-0.05, 0) is 83.5 Å². The van der Waals surface area contributed by atoms with Crippen LogP contribution in [0.4, 0.5) is 0 Å². The fourth-order valence-corrected chi connectivity index (χ4v) is 6.50. The third-order valence-electron chi connectivity index (χ3n) is 10.2. The van der Waals surface area contributed by atoms with E-state index in [-0.39, 0.29) is 36.7 Å². The van der Waals surface area contributed by atoms with Gasteiger partial charge >= 0.3 is 17.9 Å². The van der Waals surface area contributed by atoms with Gasteiger partial charge in [0.2, 0.25) is 0 Å². The maximum absolute atomic E-state index is 12.7. The number of carbonyl (C=O) groups excluding carboxylic acids is 2. The number of carboxylic acids is 1. The van der Waals surface area contributed by atoms with Crippen molar-refractivity contribution in [2.75, 3.05) is 41.0 Å². The van der Waals surface area contributed by atoms with E-state index < -0.39 is 24.1 Å². The van der Waals surface area contributed by atoms with Crippen molar-refractivity contribution in [1.82, 2.24) is 0 Å². The zero-order valence-electron chi connectivity index (χ0n) is 40.0. The molecule has 0 saturated carbocycles. The van der Waals surface area contributed by atoms with Gasteiger partial charge in [0.1, 0.15) is 6.61 Å². The summed E-state index contributed by atoms with van der Waals surface area (Å²) in [5.41, 5.74) is 0. The van der Waals surface area contributed by atoms with E-state index in [0.717, 1.165) is 64.2 Å². The number of ether oxygens (including phenoxy) is 3. The summed E-state index contributed by atoms with van der Waals surface area (Å²) in [5.74, 6) is -1.59. The second kappa shape index (κ2) is 43.9. The van der Waals surface area contributed by atoms with Gasteiger partial charge in [0, 0.05) is 19.3 Å². The number of hydrogen-bond donors (Lipinski definition) is 1. The molecule has 0 amide bonds. The molecule has 8 nitrogen and oxygen atoms in total. The van der Waals surface area contributed by atoms with Gasteiger partial charge in [0.25, 0.3) is 0 Å². The summed E-state index contributed by atoms with van der Waals surface area (Å²) in [6.45, 7) is 4.50. The van der Waals surface area contributed by atoms with Gasteiger partial charge in [-0.2, -0.15) is 0 Å². The van der Waals surface area contributed by atoms with E-state index in [4.69, 9.17) is 14.2 Å². The lowest BCUT2D eigenvalue weighted by Crippen LogP contribution is -2.50. The molecule has 62 heavy (non-hydrogen) atoms. The topological polar surface area (TPSA) is 99.1 Å². The van der Waals surface area contributed by atoms with Crippen molar-refractivity contribution < 1.29 is 38.2 Å². The molecule has 0 aliphatic carbocycles. The highest BCUT2D eigenvalue weighted by atomic mass is 16.6. The molecule has 0 radical (unpaired) electrons. The predicted molar refractivity (Wildman–Crippen MR) is 261 cm³/mol. The van der Waals surface area contributed by atoms with Crippen LogP contribution in [-0.2, 0) is 28.6 Å². The quantitative estimate of drug-likeness (QED) is 0.0282. The number of allylic oxidation sites excluding steroid dienone is 16. The molecule has 0 bridgehead atoms. The zero-order valence-corrected chi connectivity index (χ0v) is 40.0. The Labute approximate surface area is 379 Å². The van der Waals surface area contributed by atoms with Crippen LogP contribution in [0, 0.1) is 0 Å². The third kappa shape index (κ3) is 41.6. The van der Waals surface area contributed by atoms with Crippen molar-refractivity contribution >= 4 is 17.9 Å². The number of aliphatic carboxylic acids is 1. The first kappa shape index (κ1) is 58.2. The predicted octanol–water partition coefficient (Wildman–Crippen LogP) is 13.9. The van der Waals surface area contributed by atoms with Crippen molar-refractivity contribution in [2.45, 2.75) is 187 Å². The molecular weight excluding hydrogens is 775 g/mol. The van der Waals surface area contributed by atoms with E-state index in [9.17, 15) is 19.5 Å². The molecule has 8 heteroatoms. The first-order valence-corrected chi connectivity index (χ1v) is 24.3. The van der Waals surface area contributed by atoms with Crippen molar-refractivity contribution in [3.8, 4) is 0 Å². The molecule has 0 aliphatic rings. The summed E-state index contributed by atoms with van der Waals surface area (Å²) in [6.07, 6.45) is 59.0. The lowest BCUT2D eigenvalue weighted by Gasteiger charge is -2.31. The number of nitrogens with zero attached hydrogens (tertiary/aromatic N) is 1. The Morgan fingerprint density at radius 3 is 1.40 bits per heavy atom. The van der Waals surface area contributed by atoms with Gasteiger partial charge in [-0.1, -0.05) is 169 Å². The minimum atomic E-state index is -0.890. The Hall–Kier alpha value is -3.75. The van der Waals surface area contributed by atoms with Crippen LogP contribution >= 0.6 is 0 Å². The van der Waals surface area contributed by atoms with Gasteiger partial charge in [0.15, 0.2) is 12.1 Å². The van der Waals surface area contributed by atoms with Crippen LogP contribution in [-0.4, -0.2) is 80.6 Å². The van der Waals surface area contributed by atoms with Crippen LogP contribution in [0.3, 0.4) is 0 Å². The normalized spacial score (nSPS) is 13.8. The molecule has 2 unspecified atom stereocenters. The first-order valence-electron chi connectivity index (χ1n) is 24.3. The van der Waals surface area contributed by atoms with Crippen molar-refractivity contribution in [2.24, 2.45) is 0 Å². The lowest BCUT2D eigenvalue weighted by molar-refractivity contribution is -0.887. The highest BCUT2D eigenvalue weighted by molar-refractivity contribution is 5.72. The zero-order chi connectivity index (χ0) is 45.6. The summed E-state index contributed by atoms with van der Waals surface area (Å²) in [5, 5.41) is 9.64. The fourth-order valence-electron chi connectivity index (χ4n) is 6.50. The summed E-state index contributed by atoms with van der Waals surface area (Å²) in [7, 11) is 5.50. The number of carboxylic acid groups (broad SMARTS) is 1. The van der Waals surface area contributed by atoms with Gasteiger partial charge < -0.3 is 23.8 Å². The van der Waals surface area contributed by atoms with Gasteiger partial charge in [-0.25, -0.2) is 4.79 Å². The molecule has 0 heterocycles. The average Bonchev–Trinajstić information content (AvgIpc) is 3.23. The molecule has 1 N–H and O–H groups in total. The number of quaternary nitrogens is 1. The van der Waals surface area contributed by atoms with Crippen molar-refractivity contribution in [3.05, 3.63) is 97.2 Å². The standard InChI is InChI=1S/C54H89NO7/c1-6-8-10-12-14-16-18-20-22-24-26-28-30-32-34-36-38-40-42-44-52(56)61-49-50(48-60-47-46-51(54(58)59)55(3,4)5)62-53(57)45-43-41-39-37-35-33-31-29-27-25-23-21-19-17-15-13-11-9-7-2/h9,11,14-17,20-23,27,29,33,35,39,41,50-51H,6-8,10,12-13,18-19,24-26,28,30-32,34,36-38,40,42-49H2,1-5H3/p+1/b11-9-,16-14-,17-15-,22-20-,23-21-,29-27-,35-33-,41-39-. The molecule has 2 atom stereocenters. The van der Waals surface area contributed by atoms with Gasteiger partial charge in [0.05, 0.1) is 34.4 Å².